The lowest BCUT2D eigenvalue weighted by atomic mass is 10.3. The molecule has 0 spiro atoms. The van der Waals surface area contributed by atoms with Gasteiger partial charge in [-0.2, -0.15) is 0 Å². The number of carbonyl (C=O) groups is 1. The van der Waals surface area contributed by atoms with E-state index >= 15 is 0 Å². The lowest BCUT2D eigenvalue weighted by molar-refractivity contribution is -0.122. The van der Waals surface area contributed by atoms with E-state index < -0.39 is 0 Å². The number of guanidine groups is 1. The van der Waals surface area contributed by atoms with Gasteiger partial charge in [-0.15, -0.1) is 35.3 Å². The van der Waals surface area contributed by atoms with E-state index in [4.69, 9.17) is 0 Å². The average molecular weight is 465 g/mol. The van der Waals surface area contributed by atoms with E-state index in [0.717, 1.165) is 43.9 Å². The molecular formula is C16H28IN5OS. The Labute approximate surface area is 165 Å². The molecule has 8 heteroatoms. The first-order chi connectivity index (χ1) is 11.2. The number of amides is 1. The molecule has 6 nitrogen and oxygen atoms in total. The maximum Gasteiger partial charge on any atom is 0.223 e. The highest BCUT2D eigenvalue weighted by atomic mass is 127. The van der Waals surface area contributed by atoms with Crippen molar-refractivity contribution >= 4 is 47.2 Å². The van der Waals surface area contributed by atoms with Gasteiger partial charge in [-0.05, 0) is 26.2 Å². The lowest BCUT2D eigenvalue weighted by Gasteiger charge is -2.11. The highest BCUT2D eigenvalue weighted by Crippen LogP contribution is 2.28. The largest absolute Gasteiger partial charge is 0.357 e. The number of aromatic nitrogens is 1. The van der Waals surface area contributed by atoms with Gasteiger partial charge in [-0.25, -0.2) is 4.98 Å². The Morgan fingerprint density at radius 3 is 2.67 bits per heavy atom. The number of hydrogen-bond acceptors (Lipinski definition) is 4. The third-order valence-corrected chi connectivity index (χ3v) is 4.59. The topological polar surface area (TPSA) is 78.4 Å². The molecule has 0 aromatic carbocycles. The summed E-state index contributed by atoms with van der Waals surface area (Å²) in [6, 6.07) is 0. The monoisotopic (exact) mass is 465 g/mol. The number of hydrogen-bond donors (Lipinski definition) is 3. The molecule has 24 heavy (non-hydrogen) atoms. The van der Waals surface area contributed by atoms with Crippen molar-refractivity contribution in [3.8, 4) is 0 Å². The molecule has 0 bridgehead atoms. The molecular weight excluding hydrogens is 437 g/mol. The Morgan fingerprint density at radius 1 is 1.29 bits per heavy atom. The number of nitrogens with zero attached hydrogens (tertiary/aromatic N) is 2. The van der Waals surface area contributed by atoms with Crippen LogP contribution in [-0.2, 0) is 17.6 Å². The average Bonchev–Trinajstić information content (AvgIpc) is 3.31. The van der Waals surface area contributed by atoms with E-state index in [1.54, 1.807) is 11.3 Å². The summed E-state index contributed by atoms with van der Waals surface area (Å²) in [4.78, 5) is 20.6. The summed E-state index contributed by atoms with van der Waals surface area (Å²) >= 11 is 1.71. The van der Waals surface area contributed by atoms with Gasteiger partial charge in [0.2, 0.25) is 5.91 Å². The Hall–Kier alpha value is -0.900. The smallest absolute Gasteiger partial charge is 0.223 e. The predicted molar refractivity (Wildman–Crippen MR) is 110 cm³/mol. The predicted octanol–water partition coefficient (Wildman–Crippen LogP) is 1.95. The van der Waals surface area contributed by atoms with Crippen LogP contribution >= 0.6 is 35.3 Å². The molecule has 0 radical (unpaired) electrons. The van der Waals surface area contributed by atoms with Gasteiger partial charge in [0.15, 0.2) is 5.96 Å². The quantitative estimate of drug-likeness (QED) is 0.226. The van der Waals surface area contributed by atoms with Gasteiger partial charge in [0.1, 0.15) is 0 Å². The minimum atomic E-state index is 0. The van der Waals surface area contributed by atoms with Crippen molar-refractivity contribution in [3.63, 3.8) is 0 Å². The first-order valence-electron chi connectivity index (χ1n) is 8.46. The van der Waals surface area contributed by atoms with Crippen LogP contribution in [0.5, 0.6) is 0 Å². The molecule has 1 heterocycles. The second kappa shape index (κ2) is 11.6. The molecule has 1 aliphatic rings. The van der Waals surface area contributed by atoms with E-state index in [9.17, 15) is 4.79 Å². The van der Waals surface area contributed by atoms with Crippen molar-refractivity contribution in [2.24, 2.45) is 10.9 Å². The van der Waals surface area contributed by atoms with Gasteiger partial charge >= 0.3 is 0 Å². The van der Waals surface area contributed by atoms with Crippen LogP contribution in [0.3, 0.4) is 0 Å². The number of halogens is 1. The van der Waals surface area contributed by atoms with E-state index in [0.29, 0.717) is 19.6 Å². The second-order valence-electron chi connectivity index (χ2n) is 5.59. The van der Waals surface area contributed by atoms with Crippen LogP contribution in [0, 0.1) is 5.92 Å². The molecule has 1 aromatic heterocycles. The summed E-state index contributed by atoms with van der Waals surface area (Å²) in [5.74, 6) is 1.24. The van der Waals surface area contributed by atoms with Crippen LogP contribution in [0.25, 0.3) is 0 Å². The Kier molecular flexibility index (Phi) is 10.2. The summed E-state index contributed by atoms with van der Waals surface area (Å²) in [5.41, 5.74) is 1.11. The van der Waals surface area contributed by atoms with E-state index in [1.807, 2.05) is 6.92 Å². The Bertz CT molecular complexity index is 530. The van der Waals surface area contributed by atoms with E-state index in [1.165, 1.54) is 5.01 Å². The molecule has 3 N–H and O–H groups in total. The fourth-order valence-electron chi connectivity index (χ4n) is 2.11. The highest BCUT2D eigenvalue weighted by Gasteiger charge is 2.28. The molecule has 0 unspecified atom stereocenters. The van der Waals surface area contributed by atoms with Gasteiger partial charge in [-0.1, -0.05) is 6.92 Å². The summed E-state index contributed by atoms with van der Waals surface area (Å²) in [5, 5.41) is 12.7. The standard InChI is InChI=1S/C16H27N5OS.HI/c1-3-14-21-13(11-23-14)7-8-19-16(17-4-2)20-10-9-18-15(22)12-5-6-12;/h11-12H,3-10H2,1-2H3,(H,18,22)(H2,17,19,20);1H. The molecule has 136 valence electrons. The number of aliphatic imine (C=N–C) groups is 1. The first-order valence-corrected chi connectivity index (χ1v) is 9.34. The van der Waals surface area contributed by atoms with Crippen LogP contribution in [0.2, 0.25) is 0 Å². The molecule has 1 aromatic rings. The van der Waals surface area contributed by atoms with Crippen LogP contribution in [0.1, 0.15) is 37.4 Å². The summed E-state index contributed by atoms with van der Waals surface area (Å²) < 4.78 is 0. The SMILES string of the molecule is CCNC(=NCCc1csc(CC)n1)NCCNC(=O)C1CC1.I. The van der Waals surface area contributed by atoms with Gasteiger partial charge < -0.3 is 16.0 Å². The van der Waals surface area contributed by atoms with Gasteiger partial charge in [-0.3, -0.25) is 9.79 Å². The third-order valence-electron chi connectivity index (χ3n) is 3.55. The summed E-state index contributed by atoms with van der Waals surface area (Å²) in [6.45, 7) is 7.00. The summed E-state index contributed by atoms with van der Waals surface area (Å²) in [7, 11) is 0. The van der Waals surface area contributed by atoms with Crippen molar-refractivity contribution in [1.29, 1.82) is 0 Å². The van der Waals surface area contributed by atoms with Gasteiger partial charge in [0.25, 0.3) is 0 Å². The molecule has 0 atom stereocenters. The lowest BCUT2D eigenvalue weighted by Crippen LogP contribution is -2.41. The van der Waals surface area contributed by atoms with Crippen molar-refractivity contribution < 1.29 is 4.79 Å². The van der Waals surface area contributed by atoms with E-state index in [2.05, 4.69) is 38.2 Å². The van der Waals surface area contributed by atoms with Gasteiger partial charge in [0.05, 0.1) is 10.7 Å². The normalized spacial score (nSPS) is 14.0. The minimum Gasteiger partial charge on any atom is -0.357 e. The third kappa shape index (κ3) is 7.78. The van der Waals surface area contributed by atoms with Crippen LogP contribution in [0.15, 0.2) is 10.4 Å². The first kappa shape index (κ1) is 21.1. The highest BCUT2D eigenvalue weighted by molar-refractivity contribution is 14.0. The fraction of sp³-hybridized carbons (Fsp3) is 0.688. The molecule has 0 aliphatic heterocycles. The fourth-order valence-corrected chi connectivity index (χ4v) is 2.89. The number of carbonyl (C=O) groups excluding carboxylic acids is 1. The molecule has 0 saturated heterocycles. The molecule has 1 saturated carbocycles. The van der Waals surface area contributed by atoms with E-state index in [-0.39, 0.29) is 35.8 Å². The van der Waals surface area contributed by atoms with Crippen molar-refractivity contribution in [2.45, 2.75) is 39.5 Å². The molecule has 2 rings (SSSR count). The number of aryl methyl sites for hydroxylation is 1. The molecule has 1 aliphatic carbocycles. The molecule has 1 fully saturated rings. The molecule has 1 amide bonds. The van der Waals surface area contributed by atoms with Crippen LogP contribution in [0.4, 0.5) is 0 Å². The second-order valence-corrected chi connectivity index (χ2v) is 6.53. The summed E-state index contributed by atoms with van der Waals surface area (Å²) in [6.07, 6.45) is 3.93. The van der Waals surface area contributed by atoms with Crippen molar-refractivity contribution in [2.75, 3.05) is 26.2 Å². The van der Waals surface area contributed by atoms with Crippen LogP contribution in [-0.4, -0.2) is 43.0 Å². The minimum absolute atomic E-state index is 0. The Balaban J connectivity index is 0.00000288. The maximum absolute atomic E-state index is 11.5. The zero-order chi connectivity index (χ0) is 16.5. The maximum atomic E-state index is 11.5. The van der Waals surface area contributed by atoms with Gasteiger partial charge in [0, 0.05) is 43.9 Å². The number of thiazole rings is 1. The number of rotatable bonds is 9. The van der Waals surface area contributed by atoms with Crippen molar-refractivity contribution in [1.82, 2.24) is 20.9 Å². The zero-order valence-corrected chi connectivity index (χ0v) is 17.6. The van der Waals surface area contributed by atoms with Crippen molar-refractivity contribution in [3.05, 3.63) is 16.1 Å². The van der Waals surface area contributed by atoms with Crippen LogP contribution < -0.4 is 16.0 Å². The Morgan fingerprint density at radius 2 is 2.04 bits per heavy atom. The zero-order valence-electron chi connectivity index (χ0n) is 14.4. The number of nitrogens with one attached hydrogen (secondary N) is 3.